The van der Waals surface area contributed by atoms with E-state index in [1.165, 1.54) is 0 Å². The third-order valence-corrected chi connectivity index (χ3v) is 4.63. The van der Waals surface area contributed by atoms with Crippen molar-refractivity contribution in [1.82, 2.24) is 9.79 Å². The van der Waals surface area contributed by atoms with E-state index >= 15 is 0 Å². The standard InChI is InChI=1S/C10H23N2O3P/c1-6-10-11(9(4)5)12(10)16(13,14-7-2)15-8-3/h9-10H,6-8H2,1-5H3. The fourth-order valence-corrected chi connectivity index (χ4v) is 4.01. The van der Waals surface area contributed by atoms with Gasteiger partial charge in [0.1, 0.15) is 6.17 Å². The molecule has 0 aromatic heterocycles. The van der Waals surface area contributed by atoms with E-state index in [-0.39, 0.29) is 6.17 Å². The first-order valence-corrected chi connectivity index (χ1v) is 7.48. The molecule has 5 nitrogen and oxygen atoms in total. The van der Waals surface area contributed by atoms with Crippen molar-refractivity contribution in [2.45, 2.75) is 53.2 Å². The molecular weight excluding hydrogens is 227 g/mol. The Bertz CT molecular complexity index is 263. The fraction of sp³-hybridized carbons (Fsp3) is 1.00. The largest absolute Gasteiger partial charge is 0.423 e. The molecule has 0 saturated carbocycles. The van der Waals surface area contributed by atoms with Crippen LogP contribution in [0.15, 0.2) is 0 Å². The van der Waals surface area contributed by atoms with Gasteiger partial charge in [0.05, 0.1) is 13.2 Å². The monoisotopic (exact) mass is 250 g/mol. The van der Waals surface area contributed by atoms with E-state index < -0.39 is 7.75 Å². The molecule has 0 bridgehead atoms. The van der Waals surface area contributed by atoms with Crippen LogP contribution in [0, 0.1) is 0 Å². The smallest absolute Gasteiger partial charge is 0.296 e. The first-order chi connectivity index (χ1) is 7.51. The molecule has 0 N–H and O–H groups in total. The predicted octanol–water partition coefficient (Wildman–Crippen LogP) is 2.84. The lowest BCUT2D eigenvalue weighted by Crippen LogP contribution is -2.16. The first kappa shape index (κ1) is 14.1. The van der Waals surface area contributed by atoms with Crippen LogP contribution in [0.25, 0.3) is 0 Å². The molecule has 1 rings (SSSR count). The highest BCUT2D eigenvalue weighted by molar-refractivity contribution is 7.51. The van der Waals surface area contributed by atoms with Crippen molar-refractivity contribution in [3.63, 3.8) is 0 Å². The Kier molecular flexibility index (Phi) is 4.95. The number of hydrogen-bond donors (Lipinski definition) is 0. The average Bonchev–Trinajstić information content (AvgIpc) is 2.93. The predicted molar refractivity (Wildman–Crippen MR) is 63.8 cm³/mol. The highest BCUT2D eigenvalue weighted by Gasteiger charge is 2.57. The summed E-state index contributed by atoms with van der Waals surface area (Å²) >= 11 is 0. The number of rotatable bonds is 7. The van der Waals surface area contributed by atoms with Gasteiger partial charge in [0.2, 0.25) is 0 Å². The van der Waals surface area contributed by atoms with Crippen LogP contribution in [-0.2, 0) is 13.6 Å². The molecule has 0 aromatic carbocycles. The van der Waals surface area contributed by atoms with Gasteiger partial charge in [-0.05, 0) is 34.1 Å². The van der Waals surface area contributed by atoms with Gasteiger partial charge in [-0.25, -0.2) is 9.57 Å². The van der Waals surface area contributed by atoms with Gasteiger partial charge in [0, 0.05) is 6.04 Å². The van der Waals surface area contributed by atoms with Crippen molar-refractivity contribution in [3.05, 3.63) is 0 Å². The van der Waals surface area contributed by atoms with Gasteiger partial charge >= 0.3 is 7.75 Å². The van der Waals surface area contributed by atoms with Crippen LogP contribution in [0.5, 0.6) is 0 Å². The Morgan fingerprint density at radius 1 is 1.19 bits per heavy atom. The number of hydrogen-bond acceptors (Lipinski definition) is 4. The average molecular weight is 250 g/mol. The van der Waals surface area contributed by atoms with Gasteiger partial charge in [0.25, 0.3) is 0 Å². The second-order valence-electron chi connectivity index (χ2n) is 3.99. The van der Waals surface area contributed by atoms with Gasteiger partial charge in [-0.3, -0.25) is 9.05 Å². The lowest BCUT2D eigenvalue weighted by molar-refractivity contribution is 0.171. The van der Waals surface area contributed by atoms with Gasteiger partial charge in [-0.1, -0.05) is 6.92 Å². The van der Waals surface area contributed by atoms with Crippen LogP contribution in [0.2, 0.25) is 0 Å². The summed E-state index contributed by atoms with van der Waals surface area (Å²) in [6.07, 6.45) is 1.10. The summed E-state index contributed by atoms with van der Waals surface area (Å²) in [5.41, 5.74) is 0. The molecule has 3 unspecified atom stereocenters. The van der Waals surface area contributed by atoms with Crippen LogP contribution in [0.1, 0.15) is 41.0 Å². The van der Waals surface area contributed by atoms with Crippen LogP contribution in [0.3, 0.4) is 0 Å². The molecule has 0 aromatic rings. The number of nitrogens with zero attached hydrogens (tertiary/aromatic N) is 2. The molecule has 1 saturated heterocycles. The van der Waals surface area contributed by atoms with Gasteiger partial charge < -0.3 is 0 Å². The summed E-state index contributed by atoms with van der Waals surface area (Å²) in [7, 11) is -3.10. The van der Waals surface area contributed by atoms with E-state index in [9.17, 15) is 4.57 Å². The Morgan fingerprint density at radius 3 is 1.94 bits per heavy atom. The normalized spacial score (nSPS) is 29.8. The van der Waals surface area contributed by atoms with E-state index in [1.54, 1.807) is 4.78 Å². The molecule has 0 radical (unpaired) electrons. The molecule has 3 atom stereocenters. The van der Waals surface area contributed by atoms with Crippen molar-refractivity contribution >= 4 is 7.75 Å². The quantitative estimate of drug-likeness (QED) is 0.513. The summed E-state index contributed by atoms with van der Waals surface area (Å²) in [6.45, 7) is 10.7. The first-order valence-electron chi connectivity index (χ1n) is 5.98. The zero-order valence-electron chi connectivity index (χ0n) is 10.8. The Morgan fingerprint density at radius 2 is 1.69 bits per heavy atom. The lowest BCUT2D eigenvalue weighted by Gasteiger charge is -2.18. The SMILES string of the molecule is CCOP(=O)(OCC)N1C(CC)N1C(C)C. The third kappa shape index (κ3) is 2.66. The van der Waals surface area contributed by atoms with Gasteiger partial charge in [-0.2, -0.15) is 0 Å². The Hall–Kier alpha value is 0.0700. The molecular formula is C10H23N2O3P. The molecule has 1 heterocycles. The van der Waals surface area contributed by atoms with Crippen LogP contribution in [0.4, 0.5) is 0 Å². The summed E-state index contributed by atoms with van der Waals surface area (Å²) < 4.78 is 24.9. The lowest BCUT2D eigenvalue weighted by atomic mass is 10.4. The van der Waals surface area contributed by atoms with E-state index in [1.807, 2.05) is 13.8 Å². The van der Waals surface area contributed by atoms with Crippen molar-refractivity contribution in [2.75, 3.05) is 13.2 Å². The minimum atomic E-state index is -3.10. The molecule has 0 spiro atoms. The molecule has 1 aliphatic rings. The zero-order valence-corrected chi connectivity index (χ0v) is 11.7. The second kappa shape index (κ2) is 5.61. The highest BCUT2D eigenvalue weighted by atomic mass is 31.2. The van der Waals surface area contributed by atoms with E-state index in [4.69, 9.17) is 9.05 Å². The maximum Gasteiger partial charge on any atom is 0.423 e. The molecule has 1 fully saturated rings. The molecule has 96 valence electrons. The zero-order chi connectivity index (χ0) is 12.3. The maximum absolute atomic E-state index is 12.5. The molecule has 1 aliphatic heterocycles. The summed E-state index contributed by atoms with van der Waals surface area (Å²) in [5.74, 6) is 0. The highest BCUT2D eigenvalue weighted by Crippen LogP contribution is 2.61. The molecule has 0 amide bonds. The third-order valence-electron chi connectivity index (χ3n) is 2.48. The fourth-order valence-electron chi connectivity index (χ4n) is 1.92. The van der Waals surface area contributed by atoms with Crippen molar-refractivity contribution in [3.8, 4) is 0 Å². The maximum atomic E-state index is 12.5. The minimum absolute atomic E-state index is 0.184. The van der Waals surface area contributed by atoms with Crippen LogP contribution >= 0.6 is 7.75 Å². The number of hydrazine groups is 1. The summed E-state index contributed by atoms with van der Waals surface area (Å²) in [4.78, 5) is 0. The second-order valence-corrected chi connectivity index (χ2v) is 5.85. The molecule has 6 heteroatoms. The Balaban J connectivity index is 2.77. The van der Waals surface area contributed by atoms with Gasteiger partial charge in [-0.15, -0.1) is 4.78 Å². The van der Waals surface area contributed by atoms with Crippen LogP contribution < -0.4 is 0 Å². The topological polar surface area (TPSA) is 41.5 Å². The minimum Gasteiger partial charge on any atom is -0.296 e. The van der Waals surface area contributed by atoms with E-state index in [0.29, 0.717) is 19.3 Å². The van der Waals surface area contributed by atoms with Crippen molar-refractivity contribution in [2.24, 2.45) is 0 Å². The van der Waals surface area contributed by atoms with Crippen LogP contribution in [-0.4, -0.2) is 35.2 Å². The van der Waals surface area contributed by atoms with Gasteiger partial charge in [0.15, 0.2) is 0 Å². The van der Waals surface area contributed by atoms with E-state index in [2.05, 4.69) is 25.8 Å². The molecule has 0 aliphatic carbocycles. The summed E-state index contributed by atoms with van der Waals surface area (Å²) in [5, 5.41) is 2.06. The summed E-state index contributed by atoms with van der Waals surface area (Å²) in [6, 6.07) is 0.319. The Labute approximate surface area is 98.3 Å². The van der Waals surface area contributed by atoms with E-state index in [0.717, 1.165) is 6.42 Å². The van der Waals surface area contributed by atoms with Crippen molar-refractivity contribution in [1.29, 1.82) is 0 Å². The van der Waals surface area contributed by atoms with Crippen molar-refractivity contribution < 1.29 is 13.6 Å². The molecule has 16 heavy (non-hydrogen) atoms.